The molecule has 0 aliphatic rings. The second-order valence-electron chi connectivity index (χ2n) is 7.40. The number of hydrogen-bond donors (Lipinski definition) is 1. The lowest BCUT2D eigenvalue weighted by Crippen LogP contribution is -2.46. The summed E-state index contributed by atoms with van der Waals surface area (Å²) in [6.07, 6.45) is 3.21. The summed E-state index contributed by atoms with van der Waals surface area (Å²) in [7, 11) is 0. The summed E-state index contributed by atoms with van der Waals surface area (Å²) in [6, 6.07) is 17.5. The Kier molecular flexibility index (Phi) is 6.46. The molecule has 0 aliphatic heterocycles. The lowest BCUT2D eigenvalue weighted by Gasteiger charge is -2.13. The highest BCUT2D eigenvalue weighted by Gasteiger charge is 2.21. The molecule has 0 saturated heterocycles. The molecule has 4 rings (SSSR count). The highest BCUT2D eigenvalue weighted by Crippen LogP contribution is 2.15. The average Bonchev–Trinajstić information content (AvgIpc) is 2.82. The first-order valence-electron chi connectivity index (χ1n) is 10.2. The summed E-state index contributed by atoms with van der Waals surface area (Å²) in [5.74, 6) is -0.689. The van der Waals surface area contributed by atoms with Gasteiger partial charge in [-0.25, -0.2) is 4.79 Å². The second-order valence-corrected chi connectivity index (χ2v) is 7.81. The predicted molar refractivity (Wildman–Crippen MR) is 125 cm³/mol. The lowest BCUT2D eigenvalue weighted by molar-refractivity contribution is 0.0941. The second kappa shape index (κ2) is 9.62. The van der Waals surface area contributed by atoms with Gasteiger partial charge in [0.1, 0.15) is 0 Å². The van der Waals surface area contributed by atoms with E-state index in [4.69, 9.17) is 11.6 Å². The molecule has 0 aliphatic carbocycles. The van der Waals surface area contributed by atoms with E-state index in [9.17, 15) is 14.4 Å². The van der Waals surface area contributed by atoms with Crippen LogP contribution in [-0.4, -0.2) is 25.2 Å². The Morgan fingerprint density at radius 3 is 2.52 bits per heavy atom. The molecule has 0 fully saturated rings. The van der Waals surface area contributed by atoms with Gasteiger partial charge < -0.3 is 5.32 Å². The number of aryl methyl sites for hydroxylation is 1. The van der Waals surface area contributed by atoms with Crippen molar-refractivity contribution in [1.29, 1.82) is 0 Å². The van der Waals surface area contributed by atoms with Crippen molar-refractivity contribution in [1.82, 2.24) is 24.6 Å². The van der Waals surface area contributed by atoms with Gasteiger partial charge in [0, 0.05) is 24.0 Å². The smallest absolute Gasteiger partial charge is 0.346 e. The van der Waals surface area contributed by atoms with Crippen molar-refractivity contribution in [3.8, 4) is 5.69 Å². The number of carbonyl (C=O) groups is 1. The van der Waals surface area contributed by atoms with Crippen LogP contribution in [0.3, 0.4) is 0 Å². The minimum Gasteiger partial charge on any atom is -0.346 e. The van der Waals surface area contributed by atoms with Crippen molar-refractivity contribution in [2.24, 2.45) is 0 Å². The van der Waals surface area contributed by atoms with Gasteiger partial charge in [0.25, 0.3) is 11.5 Å². The van der Waals surface area contributed by atoms with Crippen LogP contribution in [0.25, 0.3) is 5.69 Å². The molecular weight excluding hydrogens is 442 g/mol. The van der Waals surface area contributed by atoms with Gasteiger partial charge in [0.15, 0.2) is 0 Å². The monoisotopic (exact) mass is 461 g/mol. The van der Waals surface area contributed by atoms with E-state index in [-0.39, 0.29) is 13.1 Å². The summed E-state index contributed by atoms with van der Waals surface area (Å²) in [6.45, 7) is 1.95. The molecule has 166 valence electrons. The Labute approximate surface area is 194 Å². The quantitative estimate of drug-likeness (QED) is 0.476. The molecule has 2 aromatic heterocycles. The van der Waals surface area contributed by atoms with Crippen LogP contribution in [0.5, 0.6) is 0 Å². The Morgan fingerprint density at radius 1 is 1.03 bits per heavy atom. The fourth-order valence-corrected chi connectivity index (χ4v) is 3.48. The maximum Gasteiger partial charge on any atom is 0.352 e. The number of nitrogens with one attached hydrogen (secondary N) is 1. The average molecular weight is 462 g/mol. The molecule has 4 aromatic rings. The topological polar surface area (TPSA) is 98.9 Å². The Bertz CT molecular complexity index is 1430. The number of halogens is 1. The van der Waals surface area contributed by atoms with Gasteiger partial charge in [-0.3, -0.25) is 19.1 Å². The maximum atomic E-state index is 13.3. The van der Waals surface area contributed by atoms with E-state index in [0.717, 1.165) is 20.4 Å². The van der Waals surface area contributed by atoms with Crippen molar-refractivity contribution >= 4 is 17.5 Å². The largest absolute Gasteiger partial charge is 0.352 e. The summed E-state index contributed by atoms with van der Waals surface area (Å²) in [4.78, 5) is 43.3. The molecule has 2 aromatic carbocycles. The van der Waals surface area contributed by atoms with Crippen LogP contribution >= 0.6 is 11.6 Å². The highest BCUT2D eigenvalue weighted by atomic mass is 35.5. The highest BCUT2D eigenvalue weighted by molar-refractivity contribution is 6.31. The molecule has 2 heterocycles. The van der Waals surface area contributed by atoms with E-state index in [1.807, 2.05) is 13.0 Å². The number of benzene rings is 2. The fourth-order valence-electron chi connectivity index (χ4n) is 3.29. The van der Waals surface area contributed by atoms with E-state index in [2.05, 4.69) is 15.4 Å². The Morgan fingerprint density at radius 2 is 1.79 bits per heavy atom. The molecule has 0 radical (unpaired) electrons. The minimum absolute atomic E-state index is 0.101. The molecule has 0 spiro atoms. The predicted octanol–water partition coefficient (Wildman–Crippen LogP) is 2.73. The van der Waals surface area contributed by atoms with E-state index >= 15 is 0 Å². The van der Waals surface area contributed by atoms with Gasteiger partial charge in [-0.15, -0.1) is 0 Å². The number of carbonyl (C=O) groups excluding carboxylic acids is 1. The lowest BCUT2D eigenvalue weighted by atomic mass is 10.2. The first kappa shape index (κ1) is 22.2. The third kappa shape index (κ3) is 4.91. The Hall–Kier alpha value is -4.04. The number of aromatic nitrogens is 4. The number of hydrogen-bond acceptors (Lipinski definition) is 5. The van der Waals surface area contributed by atoms with Gasteiger partial charge in [-0.05, 0) is 53.9 Å². The van der Waals surface area contributed by atoms with Crippen LogP contribution in [0.2, 0.25) is 5.02 Å². The van der Waals surface area contributed by atoms with Gasteiger partial charge in [-0.1, -0.05) is 41.9 Å². The third-order valence-corrected chi connectivity index (χ3v) is 5.38. The van der Waals surface area contributed by atoms with Crippen molar-refractivity contribution < 1.29 is 4.79 Å². The van der Waals surface area contributed by atoms with Crippen LogP contribution in [-0.2, 0) is 13.1 Å². The van der Waals surface area contributed by atoms with E-state index in [1.54, 1.807) is 67.0 Å². The van der Waals surface area contributed by atoms with Crippen LogP contribution in [0.1, 0.15) is 27.2 Å². The van der Waals surface area contributed by atoms with Gasteiger partial charge in [0.05, 0.1) is 12.2 Å². The summed E-state index contributed by atoms with van der Waals surface area (Å²) >= 11 is 6.25. The van der Waals surface area contributed by atoms with Crippen molar-refractivity contribution in [3.63, 3.8) is 0 Å². The number of nitrogens with zero attached hydrogens (tertiary/aromatic N) is 4. The van der Waals surface area contributed by atoms with Gasteiger partial charge in [-0.2, -0.15) is 9.78 Å². The molecule has 0 saturated carbocycles. The fraction of sp³-hybridized carbons (Fsp3) is 0.125. The van der Waals surface area contributed by atoms with E-state index in [0.29, 0.717) is 16.3 Å². The van der Waals surface area contributed by atoms with Crippen LogP contribution in [0.15, 0.2) is 82.6 Å². The van der Waals surface area contributed by atoms with Crippen molar-refractivity contribution in [3.05, 3.63) is 121 Å². The first-order valence-corrected chi connectivity index (χ1v) is 10.5. The molecule has 0 atom stereocenters. The summed E-state index contributed by atoms with van der Waals surface area (Å²) in [5, 5.41) is 7.23. The Balaban J connectivity index is 1.80. The van der Waals surface area contributed by atoms with Gasteiger partial charge >= 0.3 is 5.69 Å². The number of amides is 1. The molecule has 9 heteroatoms. The third-order valence-electron chi connectivity index (χ3n) is 5.01. The number of rotatable bonds is 6. The number of pyridine rings is 1. The first-order chi connectivity index (χ1) is 15.9. The standard InChI is InChI=1S/C24H20ClN5O3/c1-16-5-4-7-19(13-16)30-24(33)29(15-18-6-2-3-8-20(18)25)23(32)21(28-30)22(31)27-14-17-9-11-26-12-10-17/h2-13H,14-15H2,1H3,(H,27,31). The van der Waals surface area contributed by atoms with Crippen LogP contribution in [0.4, 0.5) is 0 Å². The zero-order valence-corrected chi connectivity index (χ0v) is 18.5. The van der Waals surface area contributed by atoms with Crippen molar-refractivity contribution in [2.75, 3.05) is 0 Å². The van der Waals surface area contributed by atoms with Crippen LogP contribution < -0.4 is 16.6 Å². The molecule has 0 bridgehead atoms. The van der Waals surface area contributed by atoms with Crippen molar-refractivity contribution in [2.45, 2.75) is 20.0 Å². The molecule has 1 N–H and O–H groups in total. The molecule has 1 amide bonds. The van der Waals surface area contributed by atoms with Gasteiger partial charge in [0.2, 0.25) is 5.69 Å². The minimum atomic E-state index is -0.795. The van der Waals surface area contributed by atoms with Crippen LogP contribution in [0, 0.1) is 6.92 Å². The normalized spacial score (nSPS) is 10.7. The zero-order chi connectivity index (χ0) is 23.4. The molecular formula is C24H20ClN5O3. The summed E-state index contributed by atoms with van der Waals surface area (Å²) < 4.78 is 2.03. The molecule has 0 unspecified atom stereocenters. The van der Waals surface area contributed by atoms with E-state index < -0.39 is 22.9 Å². The maximum absolute atomic E-state index is 13.3. The molecule has 8 nitrogen and oxygen atoms in total. The molecule has 33 heavy (non-hydrogen) atoms. The summed E-state index contributed by atoms with van der Waals surface area (Å²) in [5.41, 5.74) is 0.861. The van der Waals surface area contributed by atoms with E-state index in [1.165, 1.54) is 0 Å². The SMILES string of the molecule is Cc1cccc(-n2nc(C(=O)NCc3ccncc3)c(=O)n(Cc3ccccc3Cl)c2=O)c1. The zero-order valence-electron chi connectivity index (χ0n) is 17.7.